The van der Waals surface area contributed by atoms with E-state index in [1.807, 2.05) is 36.1 Å². The van der Waals surface area contributed by atoms with Crippen LogP contribution in [-0.4, -0.2) is 48.1 Å². The average molecular weight is 422 g/mol. The highest BCUT2D eigenvalue weighted by Gasteiger charge is 2.34. The summed E-state index contributed by atoms with van der Waals surface area (Å²) in [7, 11) is 0. The second-order valence-electron chi connectivity index (χ2n) is 7.46. The van der Waals surface area contributed by atoms with Gasteiger partial charge in [-0.05, 0) is 24.6 Å². The standard InChI is InChI=1S/C22H22N4O5/c1-15-2-4-16(5-3-15)14-25-21(27)19(23-22(25)28)13-17-12-18(26(29)30)6-7-20(17)24-8-10-31-11-9-24/h2-7,12-13H,8-11,14H2,1H3,(H,23,28)/b19-13-. The van der Waals surface area contributed by atoms with Crippen LogP contribution in [0.3, 0.4) is 0 Å². The highest BCUT2D eigenvalue weighted by molar-refractivity contribution is 6.14. The molecule has 2 fully saturated rings. The van der Waals surface area contributed by atoms with Crippen molar-refractivity contribution in [1.29, 1.82) is 0 Å². The quantitative estimate of drug-likeness (QED) is 0.344. The number of ether oxygens (including phenoxy) is 1. The number of imide groups is 1. The van der Waals surface area contributed by atoms with Crippen molar-refractivity contribution in [2.24, 2.45) is 0 Å². The number of non-ortho nitro benzene ring substituents is 1. The summed E-state index contributed by atoms with van der Waals surface area (Å²) < 4.78 is 5.38. The number of nitrogens with zero attached hydrogens (tertiary/aromatic N) is 3. The van der Waals surface area contributed by atoms with E-state index in [-0.39, 0.29) is 17.9 Å². The number of hydrogen-bond donors (Lipinski definition) is 1. The van der Waals surface area contributed by atoms with Crippen LogP contribution in [-0.2, 0) is 16.1 Å². The number of anilines is 1. The molecule has 31 heavy (non-hydrogen) atoms. The highest BCUT2D eigenvalue weighted by Crippen LogP contribution is 2.29. The summed E-state index contributed by atoms with van der Waals surface area (Å²) in [5, 5.41) is 13.9. The molecule has 0 aliphatic carbocycles. The zero-order valence-corrected chi connectivity index (χ0v) is 17.0. The third-order valence-corrected chi connectivity index (χ3v) is 5.30. The van der Waals surface area contributed by atoms with E-state index in [1.54, 1.807) is 6.07 Å². The number of aryl methyl sites for hydroxylation is 1. The molecule has 2 aromatic rings. The number of nitrogens with one attached hydrogen (secondary N) is 1. The molecule has 2 aliphatic rings. The lowest BCUT2D eigenvalue weighted by Gasteiger charge is -2.30. The minimum Gasteiger partial charge on any atom is -0.378 e. The minimum atomic E-state index is -0.518. The van der Waals surface area contributed by atoms with Crippen LogP contribution in [0.25, 0.3) is 6.08 Å². The maximum Gasteiger partial charge on any atom is 0.329 e. The van der Waals surface area contributed by atoms with Crippen LogP contribution >= 0.6 is 0 Å². The van der Waals surface area contributed by atoms with Gasteiger partial charge in [0.15, 0.2) is 0 Å². The van der Waals surface area contributed by atoms with E-state index in [1.165, 1.54) is 18.2 Å². The number of rotatable bonds is 5. The normalized spacial score (nSPS) is 17.9. The van der Waals surface area contributed by atoms with Crippen LogP contribution in [0.4, 0.5) is 16.2 Å². The van der Waals surface area contributed by atoms with Gasteiger partial charge in [0.05, 0.1) is 24.7 Å². The molecule has 0 saturated carbocycles. The zero-order chi connectivity index (χ0) is 22.0. The maximum atomic E-state index is 12.9. The summed E-state index contributed by atoms with van der Waals surface area (Å²) in [6.45, 7) is 4.47. The van der Waals surface area contributed by atoms with Gasteiger partial charge in [-0.2, -0.15) is 0 Å². The van der Waals surface area contributed by atoms with Gasteiger partial charge in [-0.3, -0.25) is 19.8 Å². The summed E-state index contributed by atoms with van der Waals surface area (Å²) in [6.07, 6.45) is 1.51. The van der Waals surface area contributed by atoms with E-state index in [2.05, 4.69) is 5.32 Å². The Kier molecular flexibility index (Phi) is 5.68. The van der Waals surface area contributed by atoms with Crippen LogP contribution in [0.15, 0.2) is 48.2 Å². The summed E-state index contributed by atoms with van der Waals surface area (Å²) >= 11 is 0. The molecule has 2 aromatic carbocycles. The Morgan fingerprint density at radius 3 is 2.52 bits per heavy atom. The Hall–Kier alpha value is -3.72. The predicted molar refractivity (Wildman–Crippen MR) is 114 cm³/mol. The Labute approximate surface area is 179 Å². The summed E-state index contributed by atoms with van der Waals surface area (Å²) in [5.41, 5.74) is 3.17. The molecule has 1 N–H and O–H groups in total. The van der Waals surface area contributed by atoms with Crippen molar-refractivity contribution >= 4 is 29.4 Å². The molecule has 2 heterocycles. The van der Waals surface area contributed by atoms with E-state index in [0.29, 0.717) is 31.9 Å². The van der Waals surface area contributed by atoms with Gasteiger partial charge < -0.3 is 15.0 Å². The lowest BCUT2D eigenvalue weighted by Crippen LogP contribution is -2.36. The highest BCUT2D eigenvalue weighted by atomic mass is 16.6. The molecule has 2 saturated heterocycles. The molecule has 3 amide bonds. The molecule has 0 spiro atoms. The molecule has 9 heteroatoms. The van der Waals surface area contributed by atoms with E-state index in [0.717, 1.165) is 21.7 Å². The fraction of sp³-hybridized carbons (Fsp3) is 0.273. The molecule has 0 atom stereocenters. The lowest BCUT2D eigenvalue weighted by molar-refractivity contribution is -0.384. The molecule has 4 rings (SSSR count). The Bertz CT molecular complexity index is 1060. The van der Waals surface area contributed by atoms with Crippen molar-refractivity contribution in [1.82, 2.24) is 10.2 Å². The largest absolute Gasteiger partial charge is 0.378 e. The molecule has 160 valence electrons. The van der Waals surface area contributed by atoms with Crippen molar-refractivity contribution in [2.45, 2.75) is 13.5 Å². The van der Waals surface area contributed by atoms with Gasteiger partial charge in [-0.15, -0.1) is 0 Å². The molecular weight excluding hydrogens is 400 g/mol. The van der Waals surface area contributed by atoms with Gasteiger partial charge in [0.25, 0.3) is 11.6 Å². The van der Waals surface area contributed by atoms with E-state index < -0.39 is 16.9 Å². The average Bonchev–Trinajstić information content (AvgIpc) is 3.03. The van der Waals surface area contributed by atoms with Crippen LogP contribution in [0, 0.1) is 17.0 Å². The maximum absolute atomic E-state index is 12.9. The molecule has 0 aromatic heterocycles. The van der Waals surface area contributed by atoms with Gasteiger partial charge in [-0.1, -0.05) is 29.8 Å². The number of urea groups is 1. The van der Waals surface area contributed by atoms with Gasteiger partial charge in [0.2, 0.25) is 0 Å². The SMILES string of the molecule is Cc1ccc(CN2C(=O)N/C(=C\c3cc([N+](=O)[O-])ccc3N3CCOCC3)C2=O)cc1. The molecule has 0 unspecified atom stereocenters. The van der Waals surface area contributed by atoms with Gasteiger partial charge in [0.1, 0.15) is 5.70 Å². The van der Waals surface area contributed by atoms with E-state index >= 15 is 0 Å². The van der Waals surface area contributed by atoms with E-state index in [4.69, 9.17) is 4.74 Å². The molecule has 2 aliphatic heterocycles. The van der Waals surface area contributed by atoms with Crippen molar-refractivity contribution in [3.05, 3.63) is 75.0 Å². The first-order chi connectivity index (χ1) is 14.9. The van der Waals surface area contributed by atoms with Crippen LogP contribution in [0.1, 0.15) is 16.7 Å². The van der Waals surface area contributed by atoms with Crippen molar-refractivity contribution in [3.63, 3.8) is 0 Å². The zero-order valence-electron chi connectivity index (χ0n) is 17.0. The van der Waals surface area contributed by atoms with Gasteiger partial charge >= 0.3 is 6.03 Å². The van der Waals surface area contributed by atoms with Crippen molar-refractivity contribution in [3.8, 4) is 0 Å². The van der Waals surface area contributed by atoms with Crippen LogP contribution in [0.5, 0.6) is 0 Å². The molecular formula is C22H22N4O5. The minimum absolute atomic E-state index is 0.0860. The monoisotopic (exact) mass is 422 g/mol. The number of morpholine rings is 1. The number of nitro benzene ring substituents is 1. The van der Waals surface area contributed by atoms with Crippen molar-refractivity contribution in [2.75, 3.05) is 31.2 Å². The lowest BCUT2D eigenvalue weighted by atomic mass is 10.1. The number of hydrogen-bond acceptors (Lipinski definition) is 6. The van der Waals surface area contributed by atoms with Crippen LogP contribution < -0.4 is 10.2 Å². The van der Waals surface area contributed by atoms with E-state index in [9.17, 15) is 19.7 Å². The van der Waals surface area contributed by atoms with Crippen molar-refractivity contribution < 1.29 is 19.2 Å². The first-order valence-corrected chi connectivity index (χ1v) is 9.93. The topological polar surface area (TPSA) is 105 Å². The van der Waals surface area contributed by atoms with Crippen LogP contribution in [0.2, 0.25) is 0 Å². The molecule has 0 radical (unpaired) electrons. The number of carbonyl (C=O) groups excluding carboxylic acids is 2. The van der Waals surface area contributed by atoms with Gasteiger partial charge in [0, 0.05) is 36.5 Å². The number of carbonyl (C=O) groups is 2. The Morgan fingerprint density at radius 1 is 1.13 bits per heavy atom. The second-order valence-corrected chi connectivity index (χ2v) is 7.46. The number of nitro groups is 1. The summed E-state index contributed by atoms with van der Waals surface area (Å²) in [5.74, 6) is -0.468. The fourth-order valence-electron chi connectivity index (χ4n) is 3.61. The Morgan fingerprint density at radius 2 is 1.84 bits per heavy atom. The van der Waals surface area contributed by atoms with Gasteiger partial charge in [-0.25, -0.2) is 4.79 Å². The predicted octanol–water partition coefficient (Wildman–Crippen LogP) is 2.83. The first-order valence-electron chi connectivity index (χ1n) is 9.93. The summed E-state index contributed by atoms with van der Waals surface area (Å²) in [6, 6.07) is 11.6. The number of benzene rings is 2. The third kappa shape index (κ3) is 4.41. The molecule has 0 bridgehead atoms. The smallest absolute Gasteiger partial charge is 0.329 e. The Balaban J connectivity index is 1.64. The first kappa shape index (κ1) is 20.5. The fourth-order valence-corrected chi connectivity index (χ4v) is 3.61. The number of amides is 3. The molecule has 9 nitrogen and oxygen atoms in total. The third-order valence-electron chi connectivity index (χ3n) is 5.30. The second kappa shape index (κ2) is 8.57. The summed E-state index contributed by atoms with van der Waals surface area (Å²) in [4.78, 5) is 39.3.